The van der Waals surface area contributed by atoms with Crippen LogP contribution in [0, 0.1) is 0 Å². The number of allylic oxidation sites excluding steroid dienone is 2. The molecule has 1 atom stereocenters. The van der Waals surface area contributed by atoms with Crippen LogP contribution in [0.25, 0.3) is 0 Å². The van der Waals surface area contributed by atoms with Crippen LogP contribution in [0.15, 0.2) is 10.0 Å². The predicted octanol–water partition coefficient (Wildman–Crippen LogP) is 2.27. The molecule has 0 bridgehead atoms. The summed E-state index contributed by atoms with van der Waals surface area (Å²) in [5.74, 6) is -0.00750. The number of carbonyl (C=O) groups is 1. The van der Waals surface area contributed by atoms with Gasteiger partial charge in [-0.25, -0.2) is 0 Å². The number of rotatable bonds is 1. The summed E-state index contributed by atoms with van der Waals surface area (Å²) in [5.41, 5.74) is 1.57. The normalized spacial score (nSPS) is 31.6. The van der Waals surface area contributed by atoms with Crippen molar-refractivity contribution in [2.24, 2.45) is 0 Å². The molecule has 3 heteroatoms. The van der Waals surface area contributed by atoms with Gasteiger partial charge < -0.3 is 0 Å². The Balaban J connectivity index is 2.13. The van der Waals surface area contributed by atoms with Gasteiger partial charge in [0.25, 0.3) is 0 Å². The summed E-state index contributed by atoms with van der Waals surface area (Å²) in [7, 11) is 1.50. The van der Waals surface area contributed by atoms with Gasteiger partial charge in [-0.3, -0.25) is 0 Å². The molecular formula is C11H16O2Se. The van der Waals surface area contributed by atoms with Crippen LogP contribution in [0.4, 0.5) is 0 Å². The Bertz CT molecular complexity index is 276. The standard InChI is InChI=1S/C11H16O2Se/c1-11(10(12)13-2)7-8-5-3-4-6-9(8)14-11/h3-7H2,1-2H3. The van der Waals surface area contributed by atoms with Gasteiger partial charge in [0, 0.05) is 0 Å². The van der Waals surface area contributed by atoms with E-state index in [0.717, 1.165) is 6.42 Å². The Morgan fingerprint density at radius 2 is 2.14 bits per heavy atom. The van der Waals surface area contributed by atoms with Crippen molar-refractivity contribution in [2.75, 3.05) is 7.11 Å². The fraction of sp³-hybridized carbons (Fsp3) is 0.727. The average Bonchev–Trinajstić information content (AvgIpc) is 2.54. The van der Waals surface area contributed by atoms with Crippen molar-refractivity contribution >= 4 is 20.9 Å². The second-order valence-corrected chi connectivity index (χ2v) is 7.59. The monoisotopic (exact) mass is 260 g/mol. The molecule has 1 aliphatic carbocycles. The molecule has 78 valence electrons. The van der Waals surface area contributed by atoms with Gasteiger partial charge in [0.1, 0.15) is 0 Å². The third kappa shape index (κ3) is 1.64. The van der Waals surface area contributed by atoms with Gasteiger partial charge in [-0.1, -0.05) is 0 Å². The zero-order chi connectivity index (χ0) is 10.2. The second kappa shape index (κ2) is 3.71. The molecule has 1 aliphatic heterocycles. The first kappa shape index (κ1) is 10.3. The van der Waals surface area contributed by atoms with E-state index in [4.69, 9.17) is 4.74 Å². The Morgan fingerprint density at radius 3 is 2.79 bits per heavy atom. The molecule has 0 aromatic heterocycles. The first-order chi connectivity index (χ1) is 6.65. The zero-order valence-corrected chi connectivity index (χ0v) is 10.5. The summed E-state index contributed by atoms with van der Waals surface area (Å²) < 4.78 is 6.32. The van der Waals surface area contributed by atoms with Crippen molar-refractivity contribution in [3.05, 3.63) is 10.0 Å². The van der Waals surface area contributed by atoms with Crippen molar-refractivity contribution in [1.29, 1.82) is 0 Å². The second-order valence-electron chi connectivity index (χ2n) is 4.24. The van der Waals surface area contributed by atoms with Crippen LogP contribution in [0.1, 0.15) is 39.0 Å². The quantitative estimate of drug-likeness (QED) is 0.533. The molecule has 0 radical (unpaired) electrons. The summed E-state index contributed by atoms with van der Waals surface area (Å²) in [6.07, 6.45) is 6.06. The molecule has 1 unspecified atom stereocenters. The first-order valence-electron chi connectivity index (χ1n) is 5.14. The van der Waals surface area contributed by atoms with Crippen LogP contribution in [0.2, 0.25) is 4.31 Å². The molecule has 2 aliphatic rings. The van der Waals surface area contributed by atoms with E-state index in [0.29, 0.717) is 15.0 Å². The number of carbonyl (C=O) groups excluding carboxylic acids is 1. The Labute approximate surface area is 91.2 Å². The molecule has 14 heavy (non-hydrogen) atoms. The van der Waals surface area contributed by atoms with Gasteiger partial charge in [0.05, 0.1) is 0 Å². The van der Waals surface area contributed by atoms with Crippen LogP contribution in [-0.4, -0.2) is 28.0 Å². The molecule has 0 aromatic carbocycles. The first-order valence-corrected chi connectivity index (χ1v) is 6.85. The molecule has 0 saturated heterocycles. The average molecular weight is 259 g/mol. The van der Waals surface area contributed by atoms with Gasteiger partial charge in [-0.2, -0.15) is 0 Å². The molecule has 0 spiro atoms. The molecular weight excluding hydrogens is 243 g/mol. The van der Waals surface area contributed by atoms with Gasteiger partial charge in [-0.05, 0) is 0 Å². The minimum atomic E-state index is -0.184. The fourth-order valence-corrected chi connectivity index (χ4v) is 5.49. The van der Waals surface area contributed by atoms with E-state index in [1.165, 1.54) is 32.8 Å². The number of ether oxygens (including phenoxy) is 1. The van der Waals surface area contributed by atoms with Crippen LogP contribution in [0.5, 0.6) is 0 Å². The molecule has 0 fully saturated rings. The molecule has 0 saturated carbocycles. The molecule has 1 heterocycles. The van der Waals surface area contributed by atoms with Crippen molar-refractivity contribution in [3.8, 4) is 0 Å². The van der Waals surface area contributed by atoms with Crippen molar-refractivity contribution in [2.45, 2.75) is 43.3 Å². The Kier molecular flexibility index (Phi) is 2.72. The number of methoxy groups -OCH3 is 1. The molecule has 2 rings (SSSR count). The van der Waals surface area contributed by atoms with Gasteiger partial charge >= 0.3 is 91.0 Å². The van der Waals surface area contributed by atoms with Crippen molar-refractivity contribution in [3.63, 3.8) is 0 Å². The maximum absolute atomic E-state index is 11.6. The fourth-order valence-electron chi connectivity index (χ4n) is 2.30. The van der Waals surface area contributed by atoms with Gasteiger partial charge in [0.2, 0.25) is 0 Å². The van der Waals surface area contributed by atoms with Crippen LogP contribution < -0.4 is 0 Å². The Hall–Kier alpha value is -0.271. The van der Waals surface area contributed by atoms with E-state index in [2.05, 4.69) is 6.92 Å². The molecule has 2 nitrogen and oxygen atoms in total. The summed E-state index contributed by atoms with van der Waals surface area (Å²) in [4.78, 5) is 11.6. The summed E-state index contributed by atoms with van der Waals surface area (Å²) >= 11 is 0.343. The van der Waals surface area contributed by atoms with E-state index < -0.39 is 0 Å². The summed E-state index contributed by atoms with van der Waals surface area (Å²) in [6, 6.07) is 0. The summed E-state index contributed by atoms with van der Waals surface area (Å²) in [6.45, 7) is 2.07. The topological polar surface area (TPSA) is 26.3 Å². The van der Waals surface area contributed by atoms with E-state index in [-0.39, 0.29) is 10.3 Å². The third-order valence-electron chi connectivity index (χ3n) is 3.04. The van der Waals surface area contributed by atoms with Crippen LogP contribution >= 0.6 is 0 Å². The van der Waals surface area contributed by atoms with E-state index in [1.54, 1.807) is 10.0 Å². The van der Waals surface area contributed by atoms with Crippen molar-refractivity contribution < 1.29 is 9.53 Å². The van der Waals surface area contributed by atoms with E-state index >= 15 is 0 Å². The number of hydrogen-bond donors (Lipinski definition) is 0. The predicted molar refractivity (Wildman–Crippen MR) is 56.2 cm³/mol. The third-order valence-corrected chi connectivity index (χ3v) is 6.19. The van der Waals surface area contributed by atoms with Gasteiger partial charge in [-0.15, -0.1) is 0 Å². The number of esters is 1. The van der Waals surface area contributed by atoms with Crippen LogP contribution in [-0.2, 0) is 9.53 Å². The van der Waals surface area contributed by atoms with Crippen molar-refractivity contribution in [1.82, 2.24) is 0 Å². The SMILES string of the molecule is COC(=O)C1(C)CC2=C(CCCC2)[Se]1. The number of hydrogen-bond acceptors (Lipinski definition) is 2. The summed E-state index contributed by atoms with van der Waals surface area (Å²) in [5, 5.41) is 0. The zero-order valence-electron chi connectivity index (χ0n) is 8.76. The van der Waals surface area contributed by atoms with Crippen LogP contribution in [0.3, 0.4) is 0 Å². The van der Waals surface area contributed by atoms with E-state index in [1.807, 2.05) is 0 Å². The van der Waals surface area contributed by atoms with Gasteiger partial charge in [0.15, 0.2) is 0 Å². The maximum atomic E-state index is 11.6. The minimum absolute atomic E-state index is 0.00750. The molecule has 0 amide bonds. The van der Waals surface area contributed by atoms with E-state index in [9.17, 15) is 4.79 Å². The molecule has 0 N–H and O–H groups in total. The molecule has 0 aromatic rings. The Morgan fingerprint density at radius 1 is 1.43 bits per heavy atom.